The van der Waals surface area contributed by atoms with Crippen molar-refractivity contribution in [1.29, 1.82) is 0 Å². The molecule has 1 fully saturated rings. The van der Waals surface area contributed by atoms with Crippen LogP contribution in [0.25, 0.3) is 32.7 Å². The maximum atomic E-state index is 5.08. The monoisotopic (exact) mass is 349 g/mol. The Morgan fingerprint density at radius 2 is 1.56 bits per heavy atom. The Hall–Kier alpha value is -3.20. The van der Waals surface area contributed by atoms with E-state index < -0.39 is 0 Å². The van der Waals surface area contributed by atoms with Crippen LogP contribution in [0.4, 0.5) is 0 Å². The molecule has 130 valence electrons. The van der Waals surface area contributed by atoms with Crippen molar-refractivity contribution in [2.45, 2.75) is 18.3 Å². The Labute approximate surface area is 157 Å². The standard InChI is InChI=1S/C24H19N3/c1-27-22-13-11-15-6-2-4-8-17(15)23(22)26-24(27)19-14-18(19)21-12-10-16-7-3-5-9-20(16)25-21/h2-13,18-19H,14H2,1H3/t18-,19-/m1/s1. The van der Waals surface area contributed by atoms with E-state index in [4.69, 9.17) is 9.97 Å². The molecule has 6 rings (SSSR count). The molecular formula is C24H19N3. The molecule has 0 spiro atoms. The Morgan fingerprint density at radius 1 is 0.778 bits per heavy atom. The molecule has 2 aromatic heterocycles. The molecule has 0 aliphatic heterocycles. The molecule has 2 heterocycles. The Morgan fingerprint density at radius 3 is 2.48 bits per heavy atom. The van der Waals surface area contributed by atoms with Gasteiger partial charge in [-0.2, -0.15) is 0 Å². The summed E-state index contributed by atoms with van der Waals surface area (Å²) < 4.78 is 2.27. The van der Waals surface area contributed by atoms with Crippen LogP contribution in [0, 0.1) is 0 Å². The largest absolute Gasteiger partial charge is 0.331 e. The van der Waals surface area contributed by atoms with Crippen molar-refractivity contribution < 1.29 is 0 Å². The molecule has 0 amide bonds. The van der Waals surface area contributed by atoms with Gasteiger partial charge in [0.25, 0.3) is 0 Å². The highest BCUT2D eigenvalue weighted by molar-refractivity contribution is 6.04. The third-order valence-electron chi connectivity index (χ3n) is 5.93. The van der Waals surface area contributed by atoms with Gasteiger partial charge in [0.2, 0.25) is 0 Å². The van der Waals surface area contributed by atoms with Gasteiger partial charge in [0.15, 0.2) is 0 Å². The Kier molecular flexibility index (Phi) is 2.98. The minimum Gasteiger partial charge on any atom is -0.331 e. The van der Waals surface area contributed by atoms with Gasteiger partial charge in [-0.1, -0.05) is 54.6 Å². The molecule has 27 heavy (non-hydrogen) atoms. The number of benzene rings is 3. The highest BCUT2D eigenvalue weighted by Gasteiger charge is 2.43. The predicted molar refractivity (Wildman–Crippen MR) is 110 cm³/mol. The molecule has 0 saturated heterocycles. The third kappa shape index (κ3) is 2.21. The number of aryl methyl sites for hydroxylation is 1. The van der Waals surface area contributed by atoms with Crippen LogP contribution >= 0.6 is 0 Å². The zero-order valence-corrected chi connectivity index (χ0v) is 15.1. The van der Waals surface area contributed by atoms with E-state index in [-0.39, 0.29) is 0 Å². The van der Waals surface area contributed by atoms with Crippen molar-refractivity contribution in [3.63, 3.8) is 0 Å². The highest BCUT2D eigenvalue weighted by atomic mass is 15.1. The van der Waals surface area contributed by atoms with Gasteiger partial charge in [0, 0.05) is 35.3 Å². The summed E-state index contributed by atoms with van der Waals surface area (Å²) in [5.41, 5.74) is 4.59. The molecule has 2 atom stereocenters. The average molecular weight is 349 g/mol. The molecule has 0 radical (unpaired) electrons. The second-order valence-corrected chi connectivity index (χ2v) is 7.56. The lowest BCUT2D eigenvalue weighted by atomic mass is 10.1. The van der Waals surface area contributed by atoms with Gasteiger partial charge in [0.05, 0.1) is 16.6 Å². The highest BCUT2D eigenvalue weighted by Crippen LogP contribution is 2.54. The topological polar surface area (TPSA) is 30.7 Å². The van der Waals surface area contributed by atoms with Crippen molar-refractivity contribution in [3.8, 4) is 0 Å². The zero-order chi connectivity index (χ0) is 18.0. The molecule has 0 unspecified atom stereocenters. The number of aromatic nitrogens is 3. The van der Waals surface area contributed by atoms with Crippen molar-refractivity contribution in [1.82, 2.24) is 14.5 Å². The van der Waals surface area contributed by atoms with E-state index >= 15 is 0 Å². The molecular weight excluding hydrogens is 330 g/mol. The first kappa shape index (κ1) is 14.9. The first-order valence-corrected chi connectivity index (χ1v) is 9.49. The fourth-order valence-corrected chi connectivity index (χ4v) is 4.37. The van der Waals surface area contributed by atoms with E-state index in [1.807, 2.05) is 0 Å². The van der Waals surface area contributed by atoms with Gasteiger partial charge >= 0.3 is 0 Å². The summed E-state index contributed by atoms with van der Waals surface area (Å²) in [4.78, 5) is 9.99. The number of imidazole rings is 1. The number of hydrogen-bond acceptors (Lipinski definition) is 2. The molecule has 3 heteroatoms. The molecule has 0 bridgehead atoms. The normalized spacial score (nSPS) is 19.1. The summed E-state index contributed by atoms with van der Waals surface area (Å²) in [7, 11) is 2.14. The summed E-state index contributed by atoms with van der Waals surface area (Å²) in [6, 6.07) is 25.6. The van der Waals surface area contributed by atoms with Gasteiger partial charge in [-0.05, 0) is 30.0 Å². The van der Waals surface area contributed by atoms with E-state index in [1.165, 1.54) is 33.2 Å². The second-order valence-electron chi connectivity index (χ2n) is 7.56. The number of fused-ring (bicyclic) bond motifs is 4. The number of nitrogens with zero attached hydrogens (tertiary/aromatic N) is 3. The summed E-state index contributed by atoms with van der Waals surface area (Å²) in [6.45, 7) is 0. The van der Waals surface area contributed by atoms with Gasteiger partial charge < -0.3 is 4.57 Å². The summed E-state index contributed by atoms with van der Waals surface area (Å²) in [5.74, 6) is 2.10. The first-order valence-electron chi connectivity index (χ1n) is 9.49. The lowest BCUT2D eigenvalue weighted by Gasteiger charge is -2.04. The quantitative estimate of drug-likeness (QED) is 0.418. The zero-order valence-electron chi connectivity index (χ0n) is 15.1. The fraction of sp³-hybridized carbons (Fsp3) is 0.167. The van der Waals surface area contributed by atoms with Gasteiger partial charge in [-0.15, -0.1) is 0 Å². The van der Waals surface area contributed by atoms with E-state index in [0.29, 0.717) is 11.8 Å². The van der Waals surface area contributed by atoms with Crippen LogP contribution in [0.5, 0.6) is 0 Å². The summed E-state index contributed by atoms with van der Waals surface area (Å²) in [5, 5.41) is 3.68. The van der Waals surface area contributed by atoms with Crippen LogP contribution < -0.4 is 0 Å². The Bertz CT molecular complexity index is 1330. The minimum atomic E-state index is 0.454. The number of rotatable bonds is 2. The summed E-state index contributed by atoms with van der Waals surface area (Å²) >= 11 is 0. The lowest BCUT2D eigenvalue weighted by Crippen LogP contribution is -1.97. The second kappa shape index (κ2) is 5.40. The molecule has 3 nitrogen and oxygen atoms in total. The molecule has 1 saturated carbocycles. The van der Waals surface area contributed by atoms with Gasteiger partial charge in [-0.25, -0.2) is 4.98 Å². The molecule has 0 N–H and O–H groups in total. The van der Waals surface area contributed by atoms with Crippen molar-refractivity contribution in [2.24, 2.45) is 7.05 Å². The van der Waals surface area contributed by atoms with Gasteiger partial charge in [0.1, 0.15) is 5.82 Å². The van der Waals surface area contributed by atoms with E-state index in [2.05, 4.69) is 84.4 Å². The molecule has 3 aromatic carbocycles. The van der Waals surface area contributed by atoms with Crippen LogP contribution in [0.15, 0.2) is 72.8 Å². The average Bonchev–Trinajstić information content (AvgIpc) is 3.44. The van der Waals surface area contributed by atoms with E-state index in [1.54, 1.807) is 0 Å². The predicted octanol–water partition coefficient (Wildman–Crippen LogP) is 5.55. The molecule has 5 aromatic rings. The minimum absolute atomic E-state index is 0.454. The lowest BCUT2D eigenvalue weighted by molar-refractivity contribution is 0.800. The Balaban J connectivity index is 1.43. The third-order valence-corrected chi connectivity index (χ3v) is 5.93. The molecule has 1 aliphatic rings. The maximum Gasteiger partial charge on any atom is 0.113 e. The van der Waals surface area contributed by atoms with Crippen LogP contribution in [-0.2, 0) is 7.05 Å². The van der Waals surface area contributed by atoms with Crippen LogP contribution in [0.2, 0.25) is 0 Å². The van der Waals surface area contributed by atoms with E-state index in [0.717, 1.165) is 17.5 Å². The number of hydrogen-bond donors (Lipinski definition) is 0. The van der Waals surface area contributed by atoms with E-state index in [9.17, 15) is 0 Å². The SMILES string of the molecule is Cn1c([C@@H]2C[C@H]2c2ccc3ccccc3n2)nc2c3ccccc3ccc21. The smallest absolute Gasteiger partial charge is 0.113 e. The summed E-state index contributed by atoms with van der Waals surface area (Å²) in [6.07, 6.45) is 1.13. The fourth-order valence-electron chi connectivity index (χ4n) is 4.37. The van der Waals surface area contributed by atoms with Crippen molar-refractivity contribution in [3.05, 3.63) is 84.3 Å². The maximum absolute atomic E-state index is 5.08. The van der Waals surface area contributed by atoms with Crippen LogP contribution in [-0.4, -0.2) is 14.5 Å². The number of para-hydroxylation sites is 1. The first-order chi connectivity index (χ1) is 13.3. The van der Waals surface area contributed by atoms with Crippen LogP contribution in [0.3, 0.4) is 0 Å². The van der Waals surface area contributed by atoms with Crippen LogP contribution in [0.1, 0.15) is 29.8 Å². The van der Waals surface area contributed by atoms with Gasteiger partial charge in [-0.3, -0.25) is 4.98 Å². The van der Waals surface area contributed by atoms with Crippen molar-refractivity contribution >= 4 is 32.7 Å². The number of pyridine rings is 1. The van der Waals surface area contributed by atoms with Crippen molar-refractivity contribution in [2.75, 3.05) is 0 Å². The molecule has 1 aliphatic carbocycles.